The van der Waals surface area contributed by atoms with E-state index in [4.69, 9.17) is 14.2 Å². The van der Waals surface area contributed by atoms with E-state index in [1.54, 1.807) is 6.07 Å². The number of fused-ring (bicyclic) bond motifs is 1. The highest BCUT2D eigenvalue weighted by Gasteiger charge is 2.27. The van der Waals surface area contributed by atoms with E-state index in [1.165, 1.54) is 18.2 Å². The second kappa shape index (κ2) is 6.24. The van der Waals surface area contributed by atoms with Crippen molar-refractivity contribution in [2.45, 2.75) is 13.8 Å². The molecular weight excluding hydrogens is 352 g/mol. The van der Waals surface area contributed by atoms with Gasteiger partial charge in [-0.3, -0.25) is 10.1 Å². The van der Waals surface area contributed by atoms with Gasteiger partial charge in [-0.1, -0.05) is 6.07 Å². The maximum atomic E-state index is 12.2. The van der Waals surface area contributed by atoms with E-state index < -0.39 is 10.9 Å². The number of nitro benzene ring substituents is 1. The second-order valence-electron chi connectivity index (χ2n) is 6.16. The highest BCUT2D eigenvalue weighted by atomic mass is 16.7. The van der Waals surface area contributed by atoms with E-state index >= 15 is 0 Å². The van der Waals surface area contributed by atoms with Crippen molar-refractivity contribution in [1.82, 2.24) is 0 Å². The lowest BCUT2D eigenvalue weighted by atomic mass is 10.1. The molecule has 27 heavy (non-hydrogen) atoms. The van der Waals surface area contributed by atoms with Crippen LogP contribution in [0.25, 0.3) is 6.08 Å². The maximum Gasteiger partial charge on any atom is 0.363 e. The van der Waals surface area contributed by atoms with Crippen LogP contribution in [0.2, 0.25) is 0 Å². The molecule has 0 aliphatic carbocycles. The molecule has 0 bridgehead atoms. The third kappa shape index (κ3) is 3.01. The number of aliphatic imine (C=N–C) groups is 1. The molecule has 0 aromatic heterocycles. The monoisotopic (exact) mass is 366 g/mol. The van der Waals surface area contributed by atoms with Crippen molar-refractivity contribution >= 4 is 23.6 Å². The summed E-state index contributed by atoms with van der Waals surface area (Å²) in [7, 11) is 0. The van der Waals surface area contributed by atoms with E-state index in [1.807, 2.05) is 26.0 Å². The van der Waals surface area contributed by atoms with Gasteiger partial charge < -0.3 is 14.2 Å². The van der Waals surface area contributed by atoms with E-state index in [0.717, 1.165) is 11.1 Å². The summed E-state index contributed by atoms with van der Waals surface area (Å²) < 4.78 is 15.7. The van der Waals surface area contributed by atoms with Gasteiger partial charge in [0.25, 0.3) is 5.69 Å². The molecule has 2 aliphatic heterocycles. The zero-order valence-electron chi connectivity index (χ0n) is 14.5. The third-order valence-corrected chi connectivity index (χ3v) is 4.39. The molecule has 0 fully saturated rings. The number of rotatable bonds is 3. The molecule has 2 heterocycles. The molecule has 136 valence electrons. The number of carbonyl (C=O) groups is 1. The van der Waals surface area contributed by atoms with Crippen molar-refractivity contribution in [2.24, 2.45) is 4.99 Å². The highest BCUT2D eigenvalue weighted by molar-refractivity contribution is 6.13. The molecule has 4 rings (SSSR count). The maximum absolute atomic E-state index is 12.2. The molecule has 0 unspecified atom stereocenters. The van der Waals surface area contributed by atoms with Crippen molar-refractivity contribution in [1.29, 1.82) is 0 Å². The number of aryl methyl sites for hydroxylation is 2. The molecule has 2 aromatic rings. The van der Waals surface area contributed by atoms with E-state index in [-0.39, 0.29) is 35.4 Å². The number of nitrogens with zero attached hydrogens (tertiary/aromatic N) is 2. The first-order valence-electron chi connectivity index (χ1n) is 8.10. The molecule has 8 heteroatoms. The normalized spacial score (nSPS) is 16.4. The summed E-state index contributed by atoms with van der Waals surface area (Å²) in [4.78, 5) is 27.2. The number of hydrogen-bond donors (Lipinski definition) is 0. The topological polar surface area (TPSA) is 100 Å². The predicted molar refractivity (Wildman–Crippen MR) is 95.7 cm³/mol. The third-order valence-electron chi connectivity index (χ3n) is 4.39. The van der Waals surface area contributed by atoms with Crippen LogP contribution in [0.15, 0.2) is 41.0 Å². The number of benzene rings is 2. The minimum Gasteiger partial charge on any atom is -0.454 e. The SMILES string of the molecule is Cc1ccc(C2=N/C(=C/c3cc4c(cc3[N+](=O)[O-])OCO4)C(=O)O2)cc1C. The molecule has 0 atom stereocenters. The Balaban J connectivity index is 1.76. The van der Waals surface area contributed by atoms with Crippen molar-refractivity contribution in [3.63, 3.8) is 0 Å². The average Bonchev–Trinajstić information content (AvgIpc) is 3.23. The fourth-order valence-electron chi connectivity index (χ4n) is 2.78. The van der Waals surface area contributed by atoms with Gasteiger partial charge in [0.05, 0.1) is 16.6 Å². The lowest BCUT2D eigenvalue weighted by Crippen LogP contribution is -2.05. The first-order chi connectivity index (χ1) is 12.9. The number of nitro groups is 1. The fraction of sp³-hybridized carbons (Fsp3) is 0.158. The quantitative estimate of drug-likeness (QED) is 0.358. The van der Waals surface area contributed by atoms with Crippen LogP contribution in [0.1, 0.15) is 22.3 Å². The Bertz CT molecular complexity index is 1050. The summed E-state index contributed by atoms with van der Waals surface area (Å²) in [6.07, 6.45) is 1.32. The molecule has 0 saturated carbocycles. The van der Waals surface area contributed by atoms with Crippen LogP contribution in [0.3, 0.4) is 0 Å². The Morgan fingerprint density at radius 1 is 1.11 bits per heavy atom. The Hall–Kier alpha value is -3.68. The zero-order chi connectivity index (χ0) is 19.1. The molecule has 2 aromatic carbocycles. The van der Waals surface area contributed by atoms with Crippen LogP contribution in [0, 0.1) is 24.0 Å². The predicted octanol–water partition coefficient (Wildman–Crippen LogP) is 3.28. The summed E-state index contributed by atoms with van der Waals surface area (Å²) in [6, 6.07) is 8.30. The van der Waals surface area contributed by atoms with Crippen LogP contribution in [0.4, 0.5) is 5.69 Å². The van der Waals surface area contributed by atoms with Gasteiger partial charge in [0.1, 0.15) is 0 Å². The van der Waals surface area contributed by atoms with E-state index in [9.17, 15) is 14.9 Å². The van der Waals surface area contributed by atoms with Gasteiger partial charge in [0.2, 0.25) is 12.7 Å². The Morgan fingerprint density at radius 3 is 2.56 bits per heavy atom. The van der Waals surface area contributed by atoms with Gasteiger partial charge >= 0.3 is 5.97 Å². The van der Waals surface area contributed by atoms with Crippen molar-refractivity contribution in [3.05, 3.63) is 68.4 Å². The van der Waals surface area contributed by atoms with Gasteiger partial charge in [-0.25, -0.2) is 9.79 Å². The molecule has 2 aliphatic rings. The molecule has 0 radical (unpaired) electrons. The molecule has 0 N–H and O–H groups in total. The summed E-state index contributed by atoms with van der Waals surface area (Å²) in [5, 5.41) is 11.4. The lowest BCUT2D eigenvalue weighted by Gasteiger charge is -2.03. The van der Waals surface area contributed by atoms with Gasteiger partial charge in [0, 0.05) is 5.56 Å². The largest absolute Gasteiger partial charge is 0.454 e. The Morgan fingerprint density at radius 2 is 1.85 bits per heavy atom. The summed E-state index contributed by atoms with van der Waals surface area (Å²) in [6.45, 7) is 3.91. The molecule has 0 saturated heterocycles. The number of carbonyl (C=O) groups excluding carboxylic acids is 1. The number of esters is 1. The van der Waals surface area contributed by atoms with E-state index in [2.05, 4.69) is 4.99 Å². The molecule has 0 amide bonds. The van der Waals surface area contributed by atoms with Gasteiger partial charge in [-0.15, -0.1) is 0 Å². The minimum atomic E-state index is -0.671. The minimum absolute atomic E-state index is 0.0103. The fourth-order valence-corrected chi connectivity index (χ4v) is 2.78. The van der Waals surface area contributed by atoms with Crippen molar-refractivity contribution in [2.75, 3.05) is 6.79 Å². The van der Waals surface area contributed by atoms with Crippen LogP contribution >= 0.6 is 0 Å². The Kier molecular flexibility index (Phi) is 3.88. The summed E-state index contributed by atoms with van der Waals surface area (Å²) in [5.41, 5.74) is 2.75. The molecule has 0 spiro atoms. The number of hydrogen-bond acceptors (Lipinski definition) is 7. The number of ether oxygens (including phenoxy) is 3. The number of cyclic esters (lactones) is 1. The smallest absolute Gasteiger partial charge is 0.363 e. The highest BCUT2D eigenvalue weighted by Crippen LogP contribution is 2.39. The van der Waals surface area contributed by atoms with Crippen LogP contribution in [-0.2, 0) is 9.53 Å². The first kappa shape index (κ1) is 16.8. The van der Waals surface area contributed by atoms with Crippen LogP contribution in [-0.4, -0.2) is 23.6 Å². The van der Waals surface area contributed by atoms with Crippen molar-refractivity contribution in [3.8, 4) is 11.5 Å². The summed E-state index contributed by atoms with van der Waals surface area (Å²) >= 11 is 0. The van der Waals surface area contributed by atoms with Crippen LogP contribution in [0.5, 0.6) is 11.5 Å². The standard InChI is InChI=1S/C19H14N2O6/c1-10-3-4-12(5-11(10)2)18-20-14(19(22)27-18)6-13-7-16-17(26-9-25-16)8-15(13)21(23)24/h3-8H,9H2,1-2H3/b14-6+. The van der Waals surface area contributed by atoms with Crippen molar-refractivity contribution < 1.29 is 23.9 Å². The van der Waals surface area contributed by atoms with Gasteiger partial charge in [0.15, 0.2) is 17.2 Å². The zero-order valence-corrected chi connectivity index (χ0v) is 14.5. The van der Waals surface area contributed by atoms with E-state index in [0.29, 0.717) is 11.3 Å². The lowest BCUT2D eigenvalue weighted by molar-refractivity contribution is -0.385. The van der Waals surface area contributed by atoms with Crippen LogP contribution < -0.4 is 9.47 Å². The van der Waals surface area contributed by atoms with Gasteiger partial charge in [-0.2, -0.15) is 0 Å². The first-order valence-corrected chi connectivity index (χ1v) is 8.10. The van der Waals surface area contributed by atoms with Gasteiger partial charge in [-0.05, 0) is 49.2 Å². The summed E-state index contributed by atoms with van der Waals surface area (Å²) in [5.74, 6) is 0.155. The second-order valence-corrected chi connectivity index (χ2v) is 6.16. The molecular formula is C19H14N2O6. The average molecular weight is 366 g/mol. The molecule has 8 nitrogen and oxygen atoms in total. The Labute approximate surface area is 153 Å².